The van der Waals surface area contributed by atoms with E-state index in [-0.39, 0.29) is 0 Å². The molecule has 3 rings (SSSR count). The molecular formula is C13H20N4O. The molecule has 18 heavy (non-hydrogen) atoms. The Hall–Kier alpha value is -1.36. The molecule has 0 saturated carbocycles. The van der Waals surface area contributed by atoms with Crippen molar-refractivity contribution in [3.05, 3.63) is 12.4 Å². The molecule has 2 bridgehead atoms. The number of anilines is 2. The van der Waals surface area contributed by atoms with Gasteiger partial charge in [-0.3, -0.25) is 0 Å². The van der Waals surface area contributed by atoms with E-state index in [1.165, 1.54) is 12.8 Å². The van der Waals surface area contributed by atoms with Gasteiger partial charge in [0.2, 0.25) is 0 Å². The lowest BCUT2D eigenvalue weighted by atomic mass is 9.95. The fraction of sp³-hybridized carbons (Fsp3) is 0.692. The van der Waals surface area contributed by atoms with Crippen LogP contribution in [0.25, 0.3) is 0 Å². The summed E-state index contributed by atoms with van der Waals surface area (Å²) in [7, 11) is 0. The molecule has 3 atom stereocenters. The molecule has 5 nitrogen and oxygen atoms in total. The maximum atomic E-state index is 5.83. The number of hydrogen-bond acceptors (Lipinski definition) is 5. The van der Waals surface area contributed by atoms with Crippen molar-refractivity contribution in [2.24, 2.45) is 0 Å². The molecule has 2 N–H and O–H groups in total. The van der Waals surface area contributed by atoms with Gasteiger partial charge in [0.15, 0.2) is 0 Å². The Kier molecular flexibility index (Phi) is 3.32. The Morgan fingerprint density at radius 2 is 2.22 bits per heavy atom. The first-order valence-electron chi connectivity index (χ1n) is 6.83. The Bertz CT molecular complexity index is 412. The maximum absolute atomic E-state index is 5.83. The van der Waals surface area contributed by atoms with Gasteiger partial charge in [-0.25, -0.2) is 9.97 Å². The highest BCUT2D eigenvalue weighted by Crippen LogP contribution is 2.35. The minimum atomic E-state index is 0.372. The molecule has 1 aromatic rings. The topological polar surface area (TPSA) is 59.1 Å². The second-order valence-corrected chi connectivity index (χ2v) is 5.08. The van der Waals surface area contributed by atoms with Gasteiger partial charge in [-0.1, -0.05) is 6.92 Å². The van der Waals surface area contributed by atoms with Crippen molar-refractivity contribution in [1.82, 2.24) is 9.97 Å². The molecule has 0 amide bonds. The molecule has 0 radical (unpaired) electrons. The fourth-order valence-electron chi connectivity index (χ4n) is 2.77. The van der Waals surface area contributed by atoms with Crippen molar-refractivity contribution >= 4 is 11.6 Å². The van der Waals surface area contributed by atoms with Crippen molar-refractivity contribution in [3.8, 4) is 0 Å². The molecule has 2 fully saturated rings. The van der Waals surface area contributed by atoms with Crippen LogP contribution >= 0.6 is 0 Å². The highest BCUT2D eigenvalue weighted by Gasteiger charge is 2.40. The van der Waals surface area contributed by atoms with E-state index in [0.717, 1.165) is 31.0 Å². The van der Waals surface area contributed by atoms with Gasteiger partial charge in [0.05, 0.1) is 18.2 Å². The van der Waals surface area contributed by atoms with Gasteiger partial charge in [0.25, 0.3) is 0 Å². The first-order chi connectivity index (χ1) is 8.85. The standard InChI is InChI=1S/C13H20N4O/c1-2-5-14-12-7-13(16-8-15-12)17-10-6-9-3-4-11(10)18-9/h7-11H,2-6H2,1H3,(H2,14,15,16,17). The summed E-state index contributed by atoms with van der Waals surface area (Å²) in [6, 6.07) is 2.39. The molecule has 3 heterocycles. The molecule has 5 heteroatoms. The van der Waals surface area contributed by atoms with E-state index in [2.05, 4.69) is 27.5 Å². The number of rotatable bonds is 5. The minimum Gasteiger partial charge on any atom is -0.373 e. The second kappa shape index (κ2) is 5.10. The average molecular weight is 248 g/mol. The van der Waals surface area contributed by atoms with Crippen LogP contribution in [-0.2, 0) is 4.74 Å². The predicted molar refractivity (Wildman–Crippen MR) is 70.7 cm³/mol. The summed E-state index contributed by atoms with van der Waals surface area (Å²) in [5.74, 6) is 1.78. The molecule has 0 aliphatic carbocycles. The highest BCUT2D eigenvalue weighted by atomic mass is 16.5. The van der Waals surface area contributed by atoms with Gasteiger partial charge in [0.1, 0.15) is 18.0 Å². The average Bonchev–Trinajstić information content (AvgIpc) is 2.99. The van der Waals surface area contributed by atoms with Crippen molar-refractivity contribution < 1.29 is 4.74 Å². The molecule has 2 aliphatic rings. The Labute approximate surface area is 107 Å². The van der Waals surface area contributed by atoms with Crippen LogP contribution in [-0.4, -0.2) is 34.8 Å². The summed E-state index contributed by atoms with van der Waals surface area (Å²) in [4.78, 5) is 8.48. The lowest BCUT2D eigenvalue weighted by Crippen LogP contribution is -2.30. The molecule has 98 valence electrons. The molecule has 3 unspecified atom stereocenters. The zero-order valence-electron chi connectivity index (χ0n) is 10.7. The Balaban J connectivity index is 1.62. The van der Waals surface area contributed by atoms with Gasteiger partial charge in [0, 0.05) is 12.6 Å². The summed E-state index contributed by atoms with van der Waals surface area (Å²) in [5, 5.41) is 6.74. The third-order valence-corrected chi connectivity index (χ3v) is 3.66. The summed E-state index contributed by atoms with van der Waals surface area (Å²) < 4.78 is 5.83. The third-order valence-electron chi connectivity index (χ3n) is 3.66. The number of nitrogens with zero attached hydrogens (tertiary/aromatic N) is 2. The molecule has 2 saturated heterocycles. The van der Waals surface area contributed by atoms with Gasteiger partial charge in [-0.2, -0.15) is 0 Å². The monoisotopic (exact) mass is 248 g/mol. The number of nitrogens with one attached hydrogen (secondary N) is 2. The van der Waals surface area contributed by atoms with Crippen LogP contribution in [0, 0.1) is 0 Å². The summed E-state index contributed by atoms with van der Waals surface area (Å²) in [6.07, 6.45) is 7.03. The number of hydrogen-bond donors (Lipinski definition) is 2. The zero-order valence-corrected chi connectivity index (χ0v) is 10.7. The summed E-state index contributed by atoms with van der Waals surface area (Å²) in [6.45, 7) is 3.08. The fourth-order valence-corrected chi connectivity index (χ4v) is 2.77. The van der Waals surface area contributed by atoms with E-state index < -0.39 is 0 Å². The maximum Gasteiger partial charge on any atom is 0.131 e. The second-order valence-electron chi connectivity index (χ2n) is 5.08. The van der Waals surface area contributed by atoms with Crippen LogP contribution in [0.3, 0.4) is 0 Å². The van der Waals surface area contributed by atoms with Crippen LogP contribution in [0.5, 0.6) is 0 Å². The number of ether oxygens (including phenoxy) is 1. The molecule has 1 aromatic heterocycles. The van der Waals surface area contributed by atoms with E-state index in [1.54, 1.807) is 6.33 Å². The lowest BCUT2D eigenvalue weighted by Gasteiger charge is -2.20. The lowest BCUT2D eigenvalue weighted by molar-refractivity contribution is 0.102. The Morgan fingerprint density at radius 3 is 2.94 bits per heavy atom. The summed E-state index contributed by atoms with van der Waals surface area (Å²) >= 11 is 0. The Morgan fingerprint density at radius 1 is 1.33 bits per heavy atom. The van der Waals surface area contributed by atoms with Crippen molar-refractivity contribution in [2.45, 2.75) is 50.9 Å². The van der Waals surface area contributed by atoms with Crippen molar-refractivity contribution in [1.29, 1.82) is 0 Å². The first-order valence-corrected chi connectivity index (χ1v) is 6.83. The van der Waals surface area contributed by atoms with Crippen LogP contribution in [0.1, 0.15) is 32.6 Å². The van der Waals surface area contributed by atoms with Crippen LogP contribution < -0.4 is 10.6 Å². The molecular weight excluding hydrogens is 228 g/mol. The quantitative estimate of drug-likeness (QED) is 0.835. The van der Waals surface area contributed by atoms with E-state index >= 15 is 0 Å². The van der Waals surface area contributed by atoms with Gasteiger partial charge >= 0.3 is 0 Å². The van der Waals surface area contributed by atoms with Gasteiger partial charge in [-0.05, 0) is 25.7 Å². The number of aromatic nitrogens is 2. The predicted octanol–water partition coefficient (Wildman–Crippen LogP) is 2.03. The van der Waals surface area contributed by atoms with E-state index in [4.69, 9.17) is 4.74 Å². The zero-order chi connectivity index (χ0) is 12.4. The normalized spacial score (nSPS) is 29.5. The first kappa shape index (κ1) is 11.7. The van der Waals surface area contributed by atoms with Crippen molar-refractivity contribution in [3.63, 3.8) is 0 Å². The van der Waals surface area contributed by atoms with E-state index in [0.29, 0.717) is 18.2 Å². The smallest absolute Gasteiger partial charge is 0.131 e. The van der Waals surface area contributed by atoms with Crippen LogP contribution in [0.4, 0.5) is 11.6 Å². The highest BCUT2D eigenvalue weighted by molar-refractivity contribution is 5.47. The van der Waals surface area contributed by atoms with E-state index in [9.17, 15) is 0 Å². The molecule has 0 aromatic carbocycles. The third kappa shape index (κ3) is 2.41. The largest absolute Gasteiger partial charge is 0.373 e. The van der Waals surface area contributed by atoms with Crippen LogP contribution in [0.2, 0.25) is 0 Å². The van der Waals surface area contributed by atoms with Gasteiger partial charge < -0.3 is 15.4 Å². The molecule has 0 spiro atoms. The SMILES string of the molecule is CCCNc1cc(NC2CC3CCC2O3)ncn1. The van der Waals surface area contributed by atoms with E-state index in [1.807, 2.05) is 6.07 Å². The van der Waals surface area contributed by atoms with Crippen LogP contribution in [0.15, 0.2) is 12.4 Å². The van der Waals surface area contributed by atoms with Gasteiger partial charge in [-0.15, -0.1) is 0 Å². The minimum absolute atomic E-state index is 0.372. The number of fused-ring (bicyclic) bond motifs is 2. The molecule has 2 aliphatic heterocycles. The summed E-state index contributed by atoms with van der Waals surface area (Å²) in [5.41, 5.74) is 0. The van der Waals surface area contributed by atoms with Crippen molar-refractivity contribution in [2.75, 3.05) is 17.2 Å².